The number of hydrogen-bond donors (Lipinski definition) is 2. The topological polar surface area (TPSA) is 73.2 Å². The van der Waals surface area contributed by atoms with E-state index in [1.807, 2.05) is 50.4 Å². The number of nitrogens with zero attached hydrogens (tertiary/aromatic N) is 2. The largest absolute Gasteiger partial charge is 0.504 e. The van der Waals surface area contributed by atoms with Gasteiger partial charge < -0.3 is 24.7 Å². The number of carbonyl (C=O) groups excluding carboxylic acids is 1. The van der Waals surface area contributed by atoms with E-state index in [0.717, 1.165) is 41.6 Å². The van der Waals surface area contributed by atoms with Crippen LogP contribution in [0.3, 0.4) is 0 Å². The van der Waals surface area contributed by atoms with Gasteiger partial charge in [-0.25, -0.2) is 0 Å². The van der Waals surface area contributed by atoms with Gasteiger partial charge in [0.15, 0.2) is 11.5 Å². The maximum Gasteiger partial charge on any atom is 0.246 e. The molecule has 6 rings (SSSR count). The third kappa shape index (κ3) is 2.72. The van der Waals surface area contributed by atoms with Crippen molar-refractivity contribution in [1.82, 2.24) is 9.80 Å². The van der Waals surface area contributed by atoms with Gasteiger partial charge in [0.05, 0.1) is 17.1 Å². The Balaban J connectivity index is 1.38. The molecule has 2 bridgehead atoms. The maximum atomic E-state index is 13.3. The Bertz CT molecular complexity index is 1210. The van der Waals surface area contributed by atoms with Crippen molar-refractivity contribution in [1.29, 1.82) is 0 Å². The van der Waals surface area contributed by atoms with Crippen LogP contribution in [0.2, 0.25) is 0 Å². The van der Waals surface area contributed by atoms with Gasteiger partial charge in [-0.05, 0) is 69.5 Å². The third-order valence-corrected chi connectivity index (χ3v) is 9.00. The van der Waals surface area contributed by atoms with Gasteiger partial charge in [0, 0.05) is 24.7 Å². The van der Waals surface area contributed by atoms with Gasteiger partial charge in [0.1, 0.15) is 6.10 Å². The summed E-state index contributed by atoms with van der Waals surface area (Å²) >= 11 is 0. The second kappa shape index (κ2) is 7.33. The Hall–Kier alpha value is -2.83. The number of carbonyl (C=O) groups is 1. The van der Waals surface area contributed by atoms with E-state index in [1.165, 1.54) is 0 Å². The number of aromatic hydroxyl groups is 1. The Morgan fingerprint density at radius 2 is 2.09 bits per heavy atom. The van der Waals surface area contributed by atoms with Crippen molar-refractivity contribution in [3.05, 3.63) is 64.7 Å². The molecule has 1 saturated heterocycles. The molecular formula is C28H32N2O4. The van der Waals surface area contributed by atoms with Crippen LogP contribution in [-0.2, 0) is 16.6 Å². The summed E-state index contributed by atoms with van der Waals surface area (Å²) < 4.78 is 6.53. The van der Waals surface area contributed by atoms with Crippen molar-refractivity contribution in [2.45, 2.75) is 61.8 Å². The lowest BCUT2D eigenvalue weighted by atomic mass is 9.48. The highest BCUT2D eigenvalue weighted by Gasteiger charge is 2.73. The highest BCUT2D eigenvalue weighted by Crippen LogP contribution is 2.65. The van der Waals surface area contributed by atoms with Crippen LogP contribution in [0.5, 0.6) is 11.5 Å². The van der Waals surface area contributed by atoms with Crippen LogP contribution in [-0.4, -0.2) is 70.3 Å². The van der Waals surface area contributed by atoms with Gasteiger partial charge in [-0.3, -0.25) is 4.79 Å². The molecule has 2 aromatic carbocycles. The van der Waals surface area contributed by atoms with E-state index in [-0.39, 0.29) is 23.7 Å². The molecule has 5 atom stereocenters. The second-order valence-electron chi connectivity index (χ2n) is 10.6. The second-order valence-corrected chi connectivity index (χ2v) is 10.6. The molecule has 2 unspecified atom stereocenters. The number of benzene rings is 2. The molecule has 6 heteroatoms. The van der Waals surface area contributed by atoms with E-state index < -0.39 is 17.1 Å². The third-order valence-electron chi connectivity index (χ3n) is 9.00. The number of piperidine rings is 1. The molecule has 4 aliphatic rings. The molecule has 2 aliphatic heterocycles. The van der Waals surface area contributed by atoms with Gasteiger partial charge >= 0.3 is 0 Å². The monoisotopic (exact) mass is 460 g/mol. The first kappa shape index (κ1) is 21.7. The molecular weight excluding hydrogens is 428 g/mol. The average Bonchev–Trinajstić information content (AvgIpc) is 3.17. The minimum absolute atomic E-state index is 0.00137. The molecule has 1 saturated carbocycles. The minimum atomic E-state index is -0.950. The molecule has 2 fully saturated rings. The fourth-order valence-corrected chi connectivity index (χ4v) is 7.35. The number of phenolic OH excluding ortho intramolecular Hbond substituents is 1. The van der Waals surface area contributed by atoms with Crippen LogP contribution in [0.25, 0.3) is 6.08 Å². The van der Waals surface area contributed by atoms with Crippen LogP contribution in [0.15, 0.2) is 42.5 Å². The summed E-state index contributed by atoms with van der Waals surface area (Å²) in [7, 11) is 3.92. The van der Waals surface area contributed by atoms with Crippen LogP contribution in [0.4, 0.5) is 0 Å². The van der Waals surface area contributed by atoms with Crippen molar-refractivity contribution >= 4 is 12.0 Å². The number of likely N-dealkylation sites (tertiary alicyclic amines) is 1. The quantitative estimate of drug-likeness (QED) is 0.689. The number of hydrogen-bond acceptors (Lipinski definition) is 5. The summed E-state index contributed by atoms with van der Waals surface area (Å²) in [5, 5.41) is 23.0. The number of aryl methyl sites for hydroxylation is 1. The first-order chi connectivity index (χ1) is 16.3. The summed E-state index contributed by atoms with van der Waals surface area (Å²) in [6, 6.07) is 11.5. The van der Waals surface area contributed by atoms with E-state index in [0.29, 0.717) is 18.6 Å². The number of likely N-dealkylation sites (N-methyl/N-ethyl adjacent to an activating group) is 2. The standard InChI is InChI=1S/C28H32N2O4/c1-17-5-4-6-18(15-17)7-10-23(32)30(3)20-11-12-28(33)22-16-19-8-9-21(31)25-24(19)27(28,26(20)34-25)13-14-29(22)2/h4-10,15,20,22,26,31,33H,11-14,16H2,1-3H3/b10-7+/t20?,22-,26?,27+,28-/m1/s1. The first-order valence-corrected chi connectivity index (χ1v) is 12.2. The molecule has 6 nitrogen and oxygen atoms in total. The molecule has 0 radical (unpaired) electrons. The summed E-state index contributed by atoms with van der Waals surface area (Å²) in [4.78, 5) is 17.3. The van der Waals surface area contributed by atoms with Gasteiger partial charge in [0.2, 0.25) is 5.91 Å². The zero-order valence-electron chi connectivity index (χ0n) is 20.0. The van der Waals surface area contributed by atoms with E-state index in [9.17, 15) is 15.0 Å². The lowest BCUT2D eigenvalue weighted by molar-refractivity contribution is -0.195. The van der Waals surface area contributed by atoms with E-state index in [1.54, 1.807) is 17.0 Å². The predicted molar refractivity (Wildman–Crippen MR) is 130 cm³/mol. The number of amides is 1. The number of ether oxygens (including phenoxy) is 1. The van der Waals surface area contributed by atoms with Crippen LogP contribution < -0.4 is 4.74 Å². The predicted octanol–water partition coefficient (Wildman–Crippen LogP) is 3.02. The maximum absolute atomic E-state index is 13.3. The fraction of sp³-hybridized carbons (Fsp3) is 0.464. The Kier molecular flexibility index (Phi) is 4.68. The summed E-state index contributed by atoms with van der Waals surface area (Å²) in [6.45, 7) is 2.88. The molecule has 34 heavy (non-hydrogen) atoms. The van der Waals surface area contributed by atoms with E-state index in [2.05, 4.69) is 11.9 Å². The number of aliphatic hydroxyl groups is 1. The van der Waals surface area contributed by atoms with Crippen LogP contribution in [0.1, 0.15) is 41.5 Å². The SMILES string of the molecule is Cc1cccc(/C=C/C(=O)N(C)C2CC[C@@]3(O)[C@H]4Cc5ccc(O)c6c5[C@@]3(CCN4C)C2O6)c1. The average molecular weight is 461 g/mol. The smallest absolute Gasteiger partial charge is 0.246 e. The van der Waals surface area contributed by atoms with Crippen molar-refractivity contribution in [3.63, 3.8) is 0 Å². The van der Waals surface area contributed by atoms with Crippen LogP contribution >= 0.6 is 0 Å². The van der Waals surface area contributed by atoms with E-state index >= 15 is 0 Å². The number of phenols is 1. The molecule has 1 spiro atoms. The molecule has 178 valence electrons. The summed E-state index contributed by atoms with van der Waals surface area (Å²) in [5.41, 5.74) is 2.69. The summed E-state index contributed by atoms with van der Waals surface area (Å²) in [5.74, 6) is 0.541. The summed E-state index contributed by atoms with van der Waals surface area (Å²) in [6.07, 6.45) is 5.80. The Morgan fingerprint density at radius 1 is 1.26 bits per heavy atom. The van der Waals surface area contributed by atoms with Crippen molar-refractivity contribution < 1.29 is 19.7 Å². The Labute approximate surface area is 200 Å². The lowest BCUT2D eigenvalue weighted by Gasteiger charge is -2.64. The van der Waals surface area contributed by atoms with Gasteiger partial charge in [-0.1, -0.05) is 35.9 Å². The highest BCUT2D eigenvalue weighted by atomic mass is 16.5. The molecule has 2 aromatic rings. The van der Waals surface area contributed by atoms with Crippen LogP contribution in [0, 0.1) is 6.92 Å². The van der Waals surface area contributed by atoms with Crippen molar-refractivity contribution in [3.8, 4) is 11.5 Å². The zero-order valence-corrected chi connectivity index (χ0v) is 20.0. The van der Waals surface area contributed by atoms with Gasteiger partial charge in [-0.2, -0.15) is 0 Å². The van der Waals surface area contributed by atoms with Crippen molar-refractivity contribution in [2.75, 3.05) is 20.6 Å². The molecule has 2 heterocycles. The highest BCUT2D eigenvalue weighted by molar-refractivity contribution is 5.92. The molecule has 1 amide bonds. The normalized spacial score (nSPS) is 33.5. The zero-order chi connectivity index (χ0) is 23.8. The molecule has 2 aliphatic carbocycles. The molecule has 2 N–H and O–H groups in total. The first-order valence-electron chi connectivity index (χ1n) is 12.2. The van der Waals surface area contributed by atoms with Crippen molar-refractivity contribution in [2.24, 2.45) is 0 Å². The molecule has 0 aromatic heterocycles. The van der Waals surface area contributed by atoms with Gasteiger partial charge in [0.25, 0.3) is 0 Å². The van der Waals surface area contributed by atoms with Gasteiger partial charge in [-0.15, -0.1) is 0 Å². The minimum Gasteiger partial charge on any atom is -0.504 e. The lowest BCUT2D eigenvalue weighted by Crippen LogP contribution is -2.77. The fourth-order valence-electron chi connectivity index (χ4n) is 7.35. The number of rotatable bonds is 3. The Morgan fingerprint density at radius 3 is 2.88 bits per heavy atom. The van der Waals surface area contributed by atoms with E-state index in [4.69, 9.17) is 4.74 Å².